The highest BCUT2D eigenvalue weighted by Crippen LogP contribution is 2.45. The fourth-order valence-electron chi connectivity index (χ4n) is 7.02. The summed E-state index contributed by atoms with van der Waals surface area (Å²) in [6.45, 7) is 10.6. The fraction of sp³-hybridized carbons (Fsp3) is 0.324. The quantitative estimate of drug-likeness (QED) is 0.218. The van der Waals surface area contributed by atoms with Gasteiger partial charge in [-0.3, -0.25) is 4.98 Å². The summed E-state index contributed by atoms with van der Waals surface area (Å²) >= 11 is 13.0. The molecule has 7 nitrogen and oxygen atoms in total. The molecule has 6 rings (SSSR count). The highest BCUT2D eigenvalue weighted by molar-refractivity contribution is 7.80. The highest BCUT2D eigenvalue weighted by Gasteiger charge is 2.42. The predicted molar refractivity (Wildman–Crippen MR) is 177 cm³/mol. The maximum atomic E-state index is 12.1. The number of aryl methyl sites for hydroxylation is 1. The number of hydrogen-bond donors (Lipinski definition) is 2. The molecule has 0 bridgehead atoms. The smallest absolute Gasteiger partial charge is 0.337 e. The number of carboxylic acids is 1. The molecule has 222 valence electrons. The maximum absolute atomic E-state index is 12.1. The lowest BCUT2D eigenvalue weighted by molar-refractivity contribution is 0.0697. The van der Waals surface area contributed by atoms with Gasteiger partial charge in [0.15, 0.2) is 5.11 Å². The lowest BCUT2D eigenvalue weighted by Crippen LogP contribution is -2.38. The molecule has 4 aromatic rings. The van der Waals surface area contributed by atoms with Crippen LogP contribution >= 0.6 is 23.8 Å². The zero-order valence-electron chi connectivity index (χ0n) is 24.8. The normalized spacial score (nSPS) is 22.1. The molecule has 2 fully saturated rings. The summed E-state index contributed by atoms with van der Waals surface area (Å²) in [6.07, 6.45) is 3.02. The lowest BCUT2D eigenvalue weighted by atomic mass is 9.91. The number of piperidine rings is 1. The van der Waals surface area contributed by atoms with Crippen LogP contribution in [-0.2, 0) is 0 Å². The van der Waals surface area contributed by atoms with Crippen molar-refractivity contribution >= 4 is 46.3 Å². The number of carbonyl (C=O) groups is 1. The van der Waals surface area contributed by atoms with Crippen molar-refractivity contribution in [1.82, 2.24) is 14.9 Å². The first-order valence-corrected chi connectivity index (χ1v) is 15.5. The van der Waals surface area contributed by atoms with Crippen molar-refractivity contribution in [2.45, 2.75) is 46.2 Å². The molecule has 4 atom stereocenters. The molecule has 2 aromatic carbocycles. The molecule has 4 heterocycles. The van der Waals surface area contributed by atoms with E-state index in [-0.39, 0.29) is 17.6 Å². The van der Waals surface area contributed by atoms with Crippen LogP contribution in [0.5, 0.6) is 0 Å². The van der Waals surface area contributed by atoms with Crippen molar-refractivity contribution in [3.05, 3.63) is 106 Å². The Morgan fingerprint density at radius 2 is 1.72 bits per heavy atom. The van der Waals surface area contributed by atoms with Crippen molar-refractivity contribution in [3.63, 3.8) is 0 Å². The average Bonchev–Trinajstić information content (AvgIpc) is 3.47. The van der Waals surface area contributed by atoms with Crippen LogP contribution in [0.25, 0.3) is 5.69 Å². The van der Waals surface area contributed by atoms with Crippen LogP contribution in [0.15, 0.2) is 72.9 Å². The molecule has 2 aliphatic heterocycles. The molecule has 0 aliphatic carbocycles. The molecule has 0 unspecified atom stereocenters. The summed E-state index contributed by atoms with van der Waals surface area (Å²) in [7, 11) is 0. The van der Waals surface area contributed by atoms with Crippen LogP contribution in [0, 0.1) is 25.7 Å². The van der Waals surface area contributed by atoms with E-state index in [1.165, 1.54) is 6.42 Å². The van der Waals surface area contributed by atoms with Crippen LogP contribution < -0.4 is 15.1 Å². The number of nitrogens with one attached hydrogen (secondary N) is 1. The van der Waals surface area contributed by atoms with Crippen LogP contribution in [0.2, 0.25) is 5.02 Å². The van der Waals surface area contributed by atoms with E-state index in [1.54, 1.807) is 18.3 Å². The van der Waals surface area contributed by atoms with Crippen molar-refractivity contribution in [2.24, 2.45) is 11.8 Å². The summed E-state index contributed by atoms with van der Waals surface area (Å²) in [5, 5.41) is 14.8. The minimum atomic E-state index is -0.964. The molecule has 2 N–H and O–H groups in total. The Morgan fingerprint density at radius 3 is 2.40 bits per heavy atom. The average molecular weight is 614 g/mol. The summed E-state index contributed by atoms with van der Waals surface area (Å²) in [4.78, 5) is 21.4. The van der Waals surface area contributed by atoms with Gasteiger partial charge in [-0.05, 0) is 98.4 Å². The van der Waals surface area contributed by atoms with E-state index in [1.807, 2.05) is 54.8 Å². The number of aromatic carboxylic acids is 1. The molecule has 0 amide bonds. The topological polar surface area (TPSA) is 73.6 Å². The number of benzene rings is 2. The summed E-state index contributed by atoms with van der Waals surface area (Å²) < 4.78 is 2.02. The van der Waals surface area contributed by atoms with E-state index in [9.17, 15) is 9.90 Å². The minimum Gasteiger partial charge on any atom is -0.478 e. The second-order valence-electron chi connectivity index (χ2n) is 12.0. The van der Waals surface area contributed by atoms with Crippen molar-refractivity contribution in [1.29, 1.82) is 0 Å². The molecule has 0 radical (unpaired) electrons. The van der Waals surface area contributed by atoms with Crippen molar-refractivity contribution in [3.8, 4) is 5.69 Å². The Kier molecular flexibility index (Phi) is 7.92. The molecule has 43 heavy (non-hydrogen) atoms. The summed E-state index contributed by atoms with van der Waals surface area (Å²) in [5.74, 6) is 0.258. The Morgan fingerprint density at radius 1 is 1.00 bits per heavy atom. The van der Waals surface area contributed by atoms with Crippen LogP contribution in [0.3, 0.4) is 0 Å². The number of para-hydroxylation sites is 1. The van der Waals surface area contributed by atoms with E-state index in [0.717, 1.165) is 47.1 Å². The molecule has 2 aliphatic rings. The van der Waals surface area contributed by atoms with Gasteiger partial charge in [-0.2, -0.15) is 0 Å². The van der Waals surface area contributed by atoms with E-state index in [2.05, 4.69) is 47.2 Å². The first kappa shape index (κ1) is 29.2. The van der Waals surface area contributed by atoms with E-state index in [0.29, 0.717) is 27.7 Å². The number of rotatable bonds is 6. The number of pyridine rings is 1. The molecular weight excluding hydrogens is 578 g/mol. The SMILES string of the molecule is Cc1cc([C@@H]2[C@H](c3ccccn3)NC(=S)N2c2ccc(N3C[C@H](C)C[C@@H](C)C3)c(Cl)c2)c(C)n1-c1ccccc1C(=O)O. The van der Waals surface area contributed by atoms with Gasteiger partial charge in [0, 0.05) is 36.4 Å². The fourth-order valence-corrected chi connectivity index (χ4v) is 7.66. The summed E-state index contributed by atoms with van der Waals surface area (Å²) in [6, 6.07) is 20.9. The van der Waals surface area contributed by atoms with Crippen molar-refractivity contribution < 1.29 is 9.90 Å². The minimum absolute atomic E-state index is 0.236. The third-order valence-corrected chi connectivity index (χ3v) is 9.30. The molecular formula is C34H36ClN5O2S. The lowest BCUT2D eigenvalue weighted by Gasteiger charge is -2.37. The van der Waals surface area contributed by atoms with Crippen LogP contribution in [0.4, 0.5) is 11.4 Å². The van der Waals surface area contributed by atoms with Crippen LogP contribution in [0.1, 0.15) is 65.4 Å². The molecule has 9 heteroatoms. The van der Waals surface area contributed by atoms with Gasteiger partial charge in [0.2, 0.25) is 0 Å². The monoisotopic (exact) mass is 613 g/mol. The van der Waals surface area contributed by atoms with E-state index in [4.69, 9.17) is 28.8 Å². The Labute approximate surface area is 263 Å². The number of aromatic nitrogens is 2. The van der Waals surface area contributed by atoms with Gasteiger partial charge in [-0.15, -0.1) is 0 Å². The van der Waals surface area contributed by atoms with Crippen LogP contribution in [-0.4, -0.2) is 38.8 Å². The van der Waals surface area contributed by atoms with Gasteiger partial charge in [-0.25, -0.2) is 4.79 Å². The molecule has 0 spiro atoms. The zero-order chi connectivity index (χ0) is 30.4. The van der Waals surface area contributed by atoms with Gasteiger partial charge < -0.3 is 24.8 Å². The first-order valence-electron chi connectivity index (χ1n) is 14.7. The number of hydrogen-bond acceptors (Lipinski definition) is 4. The Bertz CT molecular complexity index is 1680. The Balaban J connectivity index is 1.46. The van der Waals surface area contributed by atoms with Gasteiger partial charge in [-0.1, -0.05) is 43.6 Å². The molecule has 2 aromatic heterocycles. The third kappa shape index (κ3) is 5.38. The first-order chi connectivity index (χ1) is 20.6. The second-order valence-corrected chi connectivity index (χ2v) is 12.8. The van der Waals surface area contributed by atoms with Crippen molar-refractivity contribution in [2.75, 3.05) is 22.9 Å². The summed E-state index contributed by atoms with van der Waals surface area (Å²) in [5.41, 5.74) is 6.58. The maximum Gasteiger partial charge on any atom is 0.337 e. The predicted octanol–water partition coefficient (Wildman–Crippen LogP) is 7.50. The van der Waals surface area contributed by atoms with Gasteiger partial charge in [0.25, 0.3) is 0 Å². The van der Waals surface area contributed by atoms with Gasteiger partial charge in [0.05, 0.1) is 39.7 Å². The molecule has 2 saturated heterocycles. The second kappa shape index (κ2) is 11.7. The number of carboxylic acid groups (broad SMARTS) is 1. The molecule has 0 saturated carbocycles. The van der Waals surface area contributed by atoms with Gasteiger partial charge >= 0.3 is 5.97 Å². The number of nitrogens with zero attached hydrogens (tertiary/aromatic N) is 4. The zero-order valence-corrected chi connectivity index (χ0v) is 26.4. The number of halogens is 1. The van der Waals surface area contributed by atoms with E-state index < -0.39 is 5.97 Å². The standard InChI is InChI=1S/C34H36ClN5O2S/c1-20-15-21(2)19-38(18-20)30-13-12-24(17-27(30)35)40-32(31(37-34(40)43)28-10-7-8-14-36-28)26-16-22(3)39(23(26)4)29-11-6-5-9-25(29)33(41)42/h5-14,16-17,20-21,31-32H,15,18-19H2,1-4H3,(H,37,43)(H,41,42)/t20-,21-,31+,32-/m1/s1. The highest BCUT2D eigenvalue weighted by atomic mass is 35.5. The number of thiocarbonyl (C=S) groups is 1. The largest absolute Gasteiger partial charge is 0.478 e. The number of anilines is 2. The third-order valence-electron chi connectivity index (χ3n) is 8.68. The van der Waals surface area contributed by atoms with E-state index >= 15 is 0 Å². The Hall–Kier alpha value is -3.88. The van der Waals surface area contributed by atoms with Gasteiger partial charge in [0.1, 0.15) is 0 Å².